The average Bonchev–Trinajstić information content (AvgIpc) is 2.16. The summed E-state index contributed by atoms with van der Waals surface area (Å²) in [6.07, 6.45) is 1.59. The normalized spacial score (nSPS) is 15.1. The number of hydrogen-bond donors (Lipinski definition) is 1. The average molecular weight is 220 g/mol. The minimum atomic E-state index is -0.170. The van der Waals surface area contributed by atoms with Crippen LogP contribution in [0.5, 0.6) is 0 Å². The molecule has 0 unspecified atom stereocenters. The predicted octanol–water partition coefficient (Wildman–Crippen LogP) is 3.90. The van der Waals surface area contributed by atoms with Crippen molar-refractivity contribution in [2.75, 3.05) is 0 Å². The van der Waals surface area contributed by atoms with E-state index in [1.54, 1.807) is 0 Å². The van der Waals surface area contributed by atoms with Crippen molar-refractivity contribution in [3.63, 3.8) is 0 Å². The van der Waals surface area contributed by atoms with Gasteiger partial charge in [0.05, 0.1) is 6.10 Å². The first kappa shape index (κ1) is 13.2. The lowest BCUT2D eigenvalue weighted by Gasteiger charge is -2.18. The molecule has 1 nitrogen and oxygen atoms in total. The van der Waals surface area contributed by atoms with Gasteiger partial charge < -0.3 is 5.11 Å². The SMILES string of the molecule is Cc1ccc([C@H](C)C[C@@H](O)CC(C)C)cc1. The third-order valence-electron chi connectivity index (χ3n) is 3.02. The largest absolute Gasteiger partial charge is 0.393 e. The van der Waals surface area contributed by atoms with E-state index in [1.165, 1.54) is 11.1 Å². The van der Waals surface area contributed by atoms with Crippen molar-refractivity contribution in [3.8, 4) is 0 Å². The summed E-state index contributed by atoms with van der Waals surface area (Å²) in [6.45, 7) is 8.59. The zero-order valence-electron chi connectivity index (χ0n) is 10.9. The molecular weight excluding hydrogens is 196 g/mol. The minimum Gasteiger partial charge on any atom is -0.393 e. The predicted molar refractivity (Wildman–Crippen MR) is 69.7 cm³/mol. The molecule has 16 heavy (non-hydrogen) atoms. The van der Waals surface area contributed by atoms with Gasteiger partial charge in [0.2, 0.25) is 0 Å². The maximum atomic E-state index is 9.91. The summed E-state index contributed by atoms with van der Waals surface area (Å²) in [4.78, 5) is 0. The van der Waals surface area contributed by atoms with Gasteiger partial charge in [-0.1, -0.05) is 50.6 Å². The monoisotopic (exact) mass is 220 g/mol. The Labute approximate surface area is 99.5 Å². The van der Waals surface area contributed by atoms with Gasteiger partial charge in [0.15, 0.2) is 0 Å². The Morgan fingerprint density at radius 1 is 1.00 bits per heavy atom. The van der Waals surface area contributed by atoms with Gasteiger partial charge in [-0.25, -0.2) is 0 Å². The van der Waals surface area contributed by atoms with E-state index in [9.17, 15) is 5.11 Å². The second kappa shape index (κ2) is 6.05. The smallest absolute Gasteiger partial charge is 0.0548 e. The van der Waals surface area contributed by atoms with Crippen LogP contribution in [0, 0.1) is 12.8 Å². The summed E-state index contributed by atoms with van der Waals surface area (Å²) in [6, 6.07) is 8.62. The minimum absolute atomic E-state index is 0.170. The topological polar surface area (TPSA) is 20.2 Å². The maximum absolute atomic E-state index is 9.91. The van der Waals surface area contributed by atoms with Gasteiger partial charge in [-0.05, 0) is 37.2 Å². The molecule has 0 bridgehead atoms. The fourth-order valence-corrected chi connectivity index (χ4v) is 2.08. The standard InChI is InChI=1S/C15H24O/c1-11(2)9-15(16)10-13(4)14-7-5-12(3)6-8-14/h5-8,11,13,15-16H,9-10H2,1-4H3/t13-,15+/m1/s1. The molecule has 2 atom stereocenters. The quantitative estimate of drug-likeness (QED) is 0.798. The Kier molecular flexibility index (Phi) is 5.01. The van der Waals surface area contributed by atoms with Crippen LogP contribution in [0.3, 0.4) is 0 Å². The lowest BCUT2D eigenvalue weighted by molar-refractivity contribution is 0.132. The second-order valence-electron chi connectivity index (χ2n) is 5.33. The van der Waals surface area contributed by atoms with Crippen LogP contribution in [0.25, 0.3) is 0 Å². The third-order valence-corrected chi connectivity index (χ3v) is 3.02. The van der Waals surface area contributed by atoms with Gasteiger partial charge in [0.1, 0.15) is 0 Å². The fourth-order valence-electron chi connectivity index (χ4n) is 2.08. The zero-order valence-corrected chi connectivity index (χ0v) is 10.9. The number of rotatable bonds is 5. The highest BCUT2D eigenvalue weighted by Gasteiger charge is 2.13. The van der Waals surface area contributed by atoms with Crippen LogP contribution < -0.4 is 0 Å². The Morgan fingerprint density at radius 2 is 1.56 bits per heavy atom. The molecule has 0 amide bonds. The number of aliphatic hydroxyl groups is 1. The van der Waals surface area contributed by atoms with E-state index in [1.807, 2.05) is 0 Å². The zero-order chi connectivity index (χ0) is 12.1. The number of aryl methyl sites for hydroxylation is 1. The lowest BCUT2D eigenvalue weighted by Crippen LogP contribution is -2.13. The van der Waals surface area contributed by atoms with E-state index in [4.69, 9.17) is 0 Å². The van der Waals surface area contributed by atoms with Crippen molar-refractivity contribution >= 4 is 0 Å². The third kappa shape index (κ3) is 4.36. The summed E-state index contributed by atoms with van der Waals surface area (Å²) in [7, 11) is 0. The molecule has 0 spiro atoms. The van der Waals surface area contributed by atoms with Crippen LogP contribution in [0.2, 0.25) is 0 Å². The molecule has 0 aliphatic carbocycles. The molecule has 0 aromatic heterocycles. The molecule has 0 radical (unpaired) electrons. The molecule has 1 aromatic rings. The lowest BCUT2D eigenvalue weighted by atomic mass is 9.91. The summed E-state index contributed by atoms with van der Waals surface area (Å²) in [5.41, 5.74) is 2.62. The molecule has 0 saturated carbocycles. The molecule has 1 heteroatoms. The van der Waals surface area contributed by atoms with Gasteiger partial charge in [-0.3, -0.25) is 0 Å². The Bertz CT molecular complexity index is 300. The fraction of sp³-hybridized carbons (Fsp3) is 0.600. The molecule has 1 rings (SSSR count). The summed E-state index contributed by atoms with van der Waals surface area (Å²) in [5, 5.41) is 9.91. The number of benzene rings is 1. The number of hydrogen-bond acceptors (Lipinski definition) is 1. The molecule has 0 aliphatic heterocycles. The Balaban J connectivity index is 2.51. The highest BCUT2D eigenvalue weighted by molar-refractivity contribution is 5.24. The molecule has 90 valence electrons. The van der Waals surface area contributed by atoms with Gasteiger partial charge in [-0.2, -0.15) is 0 Å². The van der Waals surface area contributed by atoms with Crippen molar-refractivity contribution in [2.45, 2.75) is 52.6 Å². The van der Waals surface area contributed by atoms with Crippen molar-refractivity contribution in [1.29, 1.82) is 0 Å². The van der Waals surface area contributed by atoms with E-state index in [0.29, 0.717) is 11.8 Å². The molecule has 1 aromatic carbocycles. The molecule has 0 heterocycles. The van der Waals surface area contributed by atoms with Crippen LogP contribution in [-0.4, -0.2) is 11.2 Å². The van der Waals surface area contributed by atoms with E-state index < -0.39 is 0 Å². The molecule has 0 saturated heterocycles. The second-order valence-corrected chi connectivity index (χ2v) is 5.33. The molecular formula is C15H24O. The summed E-state index contributed by atoms with van der Waals surface area (Å²) < 4.78 is 0. The van der Waals surface area contributed by atoms with E-state index >= 15 is 0 Å². The van der Waals surface area contributed by atoms with Crippen molar-refractivity contribution < 1.29 is 5.11 Å². The van der Waals surface area contributed by atoms with E-state index in [2.05, 4.69) is 52.0 Å². The van der Waals surface area contributed by atoms with Gasteiger partial charge >= 0.3 is 0 Å². The van der Waals surface area contributed by atoms with E-state index in [-0.39, 0.29) is 6.10 Å². The van der Waals surface area contributed by atoms with Crippen LogP contribution in [-0.2, 0) is 0 Å². The first-order valence-corrected chi connectivity index (χ1v) is 6.23. The maximum Gasteiger partial charge on any atom is 0.0548 e. The van der Waals surface area contributed by atoms with Crippen LogP contribution in [0.15, 0.2) is 24.3 Å². The first-order chi connectivity index (χ1) is 7.49. The Hall–Kier alpha value is -0.820. The van der Waals surface area contributed by atoms with Crippen LogP contribution in [0.4, 0.5) is 0 Å². The van der Waals surface area contributed by atoms with Crippen molar-refractivity contribution in [2.24, 2.45) is 5.92 Å². The van der Waals surface area contributed by atoms with Crippen LogP contribution >= 0.6 is 0 Å². The van der Waals surface area contributed by atoms with Crippen molar-refractivity contribution in [3.05, 3.63) is 35.4 Å². The molecule has 1 N–H and O–H groups in total. The molecule has 0 aliphatic rings. The molecule has 0 fully saturated rings. The highest BCUT2D eigenvalue weighted by atomic mass is 16.3. The van der Waals surface area contributed by atoms with Gasteiger partial charge in [0.25, 0.3) is 0 Å². The highest BCUT2D eigenvalue weighted by Crippen LogP contribution is 2.23. The van der Waals surface area contributed by atoms with E-state index in [0.717, 1.165) is 12.8 Å². The van der Waals surface area contributed by atoms with Crippen LogP contribution in [0.1, 0.15) is 50.7 Å². The summed E-state index contributed by atoms with van der Waals surface area (Å²) in [5.74, 6) is 1.01. The first-order valence-electron chi connectivity index (χ1n) is 6.23. The Morgan fingerprint density at radius 3 is 2.06 bits per heavy atom. The summed E-state index contributed by atoms with van der Waals surface area (Å²) >= 11 is 0. The number of aliphatic hydroxyl groups excluding tert-OH is 1. The van der Waals surface area contributed by atoms with Gasteiger partial charge in [0, 0.05) is 0 Å². The van der Waals surface area contributed by atoms with Crippen molar-refractivity contribution in [1.82, 2.24) is 0 Å². The van der Waals surface area contributed by atoms with Gasteiger partial charge in [-0.15, -0.1) is 0 Å².